The Balaban J connectivity index is 1.77. The lowest BCUT2D eigenvalue weighted by molar-refractivity contribution is 0.121. The molecule has 0 atom stereocenters. The van der Waals surface area contributed by atoms with Crippen molar-refractivity contribution in [3.05, 3.63) is 17.8 Å². The minimum Gasteiger partial charge on any atom is -0.384 e. The van der Waals surface area contributed by atoms with Crippen molar-refractivity contribution in [2.75, 3.05) is 68.1 Å². The third-order valence-electron chi connectivity index (χ3n) is 4.60. The first-order chi connectivity index (χ1) is 13.2. The molecule has 0 unspecified atom stereocenters. The number of halogens is 1. The van der Waals surface area contributed by atoms with Gasteiger partial charge in [0.05, 0.1) is 26.4 Å². The quantitative estimate of drug-likeness (QED) is 0.825. The van der Waals surface area contributed by atoms with Gasteiger partial charge in [-0.1, -0.05) is 0 Å². The molecule has 2 saturated heterocycles. The zero-order chi connectivity index (χ0) is 18.6. The predicted octanol–water partition coefficient (Wildman–Crippen LogP) is 0.659. The average molecular weight is 375 g/mol. The molecule has 4 heterocycles. The van der Waals surface area contributed by atoms with E-state index in [1.54, 1.807) is 0 Å². The van der Waals surface area contributed by atoms with Crippen LogP contribution in [0, 0.1) is 0 Å². The van der Waals surface area contributed by atoms with Crippen LogP contribution in [0.3, 0.4) is 0 Å². The molecule has 0 radical (unpaired) electrons. The first kappa shape index (κ1) is 17.8. The number of nitrogen functional groups attached to an aromatic ring is 1. The van der Waals surface area contributed by atoms with E-state index in [9.17, 15) is 4.39 Å². The number of ether oxygens (including phenoxy) is 2. The van der Waals surface area contributed by atoms with Crippen molar-refractivity contribution < 1.29 is 13.9 Å². The van der Waals surface area contributed by atoms with Crippen LogP contribution in [0.5, 0.6) is 0 Å². The lowest BCUT2D eigenvalue weighted by Crippen LogP contribution is -2.40. The van der Waals surface area contributed by atoms with Crippen LogP contribution >= 0.6 is 0 Å². The molecule has 2 fully saturated rings. The minimum atomic E-state index is -0.673. The van der Waals surface area contributed by atoms with E-state index in [1.165, 1.54) is 12.3 Å². The second kappa shape index (κ2) is 7.97. The Morgan fingerprint density at radius 3 is 2.00 bits per heavy atom. The van der Waals surface area contributed by atoms with Crippen LogP contribution in [-0.4, -0.2) is 72.5 Å². The number of nitrogens with two attached hydrogens (primary N) is 1. The summed E-state index contributed by atoms with van der Waals surface area (Å²) >= 11 is 0. The van der Waals surface area contributed by atoms with Crippen LogP contribution in [0.4, 0.5) is 22.1 Å². The lowest BCUT2D eigenvalue weighted by Gasteiger charge is -2.30. The van der Waals surface area contributed by atoms with E-state index in [1.807, 2.05) is 0 Å². The van der Waals surface area contributed by atoms with Gasteiger partial charge in [-0.3, -0.25) is 0 Å². The topological polar surface area (TPSA) is 103 Å². The molecule has 0 aliphatic carbocycles. The molecule has 0 bridgehead atoms. The second-order valence-corrected chi connectivity index (χ2v) is 6.36. The summed E-state index contributed by atoms with van der Waals surface area (Å²) in [7, 11) is 0. The summed E-state index contributed by atoms with van der Waals surface area (Å²) < 4.78 is 24.4. The maximum absolute atomic E-state index is 13.6. The van der Waals surface area contributed by atoms with Crippen LogP contribution in [0.15, 0.2) is 12.3 Å². The first-order valence-corrected chi connectivity index (χ1v) is 8.97. The van der Waals surface area contributed by atoms with E-state index in [4.69, 9.17) is 15.2 Å². The standard InChI is InChI=1S/C17H22FN7O2/c18-10-12-9-14(19)20-11-13(12)15-21-16(24-1-5-26-6-2-24)23-17(22-15)25-3-7-27-8-4-25/h9,11H,1-8,10H2,(H2,19,20). The molecule has 4 rings (SSSR count). The molecule has 144 valence electrons. The fourth-order valence-electron chi connectivity index (χ4n) is 3.11. The monoisotopic (exact) mass is 375 g/mol. The zero-order valence-corrected chi connectivity index (χ0v) is 15.0. The Morgan fingerprint density at radius 1 is 0.926 bits per heavy atom. The van der Waals surface area contributed by atoms with Gasteiger partial charge in [-0.05, 0) is 11.6 Å². The fourth-order valence-corrected chi connectivity index (χ4v) is 3.11. The number of anilines is 3. The first-order valence-electron chi connectivity index (χ1n) is 8.97. The van der Waals surface area contributed by atoms with Crippen molar-refractivity contribution >= 4 is 17.7 Å². The molecule has 2 aliphatic rings. The molecule has 2 aliphatic heterocycles. The number of nitrogens with zero attached hydrogens (tertiary/aromatic N) is 6. The highest BCUT2D eigenvalue weighted by molar-refractivity contribution is 5.63. The molecule has 2 aromatic rings. The van der Waals surface area contributed by atoms with E-state index in [2.05, 4.69) is 29.7 Å². The largest absolute Gasteiger partial charge is 0.384 e. The van der Waals surface area contributed by atoms with Gasteiger partial charge in [-0.25, -0.2) is 9.37 Å². The Bertz CT molecular complexity index is 759. The minimum absolute atomic E-state index is 0.266. The molecule has 10 heteroatoms. The normalized spacial score (nSPS) is 18.0. The number of hydrogen-bond acceptors (Lipinski definition) is 9. The van der Waals surface area contributed by atoms with Gasteiger partial charge in [0.25, 0.3) is 0 Å². The van der Waals surface area contributed by atoms with Crippen LogP contribution in [0.2, 0.25) is 0 Å². The summed E-state index contributed by atoms with van der Waals surface area (Å²) in [4.78, 5) is 22.1. The van der Waals surface area contributed by atoms with E-state index >= 15 is 0 Å². The van der Waals surface area contributed by atoms with Crippen molar-refractivity contribution in [2.45, 2.75) is 6.67 Å². The summed E-state index contributed by atoms with van der Waals surface area (Å²) in [5, 5.41) is 0. The molecule has 27 heavy (non-hydrogen) atoms. The smallest absolute Gasteiger partial charge is 0.230 e. The highest BCUT2D eigenvalue weighted by Crippen LogP contribution is 2.26. The Morgan fingerprint density at radius 2 is 1.48 bits per heavy atom. The van der Waals surface area contributed by atoms with Crippen molar-refractivity contribution in [1.82, 2.24) is 19.9 Å². The Hall–Kier alpha value is -2.59. The number of alkyl halides is 1. The summed E-state index contributed by atoms with van der Waals surface area (Å²) in [5.74, 6) is 1.79. The molecular weight excluding hydrogens is 353 g/mol. The Labute approximate surface area is 156 Å². The maximum atomic E-state index is 13.6. The number of aromatic nitrogens is 4. The Kier molecular flexibility index (Phi) is 5.26. The lowest BCUT2D eigenvalue weighted by atomic mass is 10.1. The van der Waals surface area contributed by atoms with Gasteiger partial charge in [0.2, 0.25) is 11.9 Å². The summed E-state index contributed by atoms with van der Waals surface area (Å²) in [5.41, 5.74) is 6.64. The van der Waals surface area contributed by atoms with Crippen LogP contribution in [0.1, 0.15) is 5.56 Å². The van der Waals surface area contributed by atoms with Gasteiger partial charge >= 0.3 is 0 Å². The van der Waals surface area contributed by atoms with Gasteiger partial charge in [0, 0.05) is 37.9 Å². The number of morpholine rings is 2. The average Bonchev–Trinajstić information content (AvgIpc) is 2.74. The molecule has 9 nitrogen and oxygen atoms in total. The zero-order valence-electron chi connectivity index (χ0n) is 15.0. The van der Waals surface area contributed by atoms with Crippen molar-refractivity contribution in [1.29, 1.82) is 0 Å². The molecule has 2 N–H and O–H groups in total. The molecule has 0 amide bonds. The van der Waals surface area contributed by atoms with Gasteiger partial charge in [0.1, 0.15) is 12.5 Å². The highest BCUT2D eigenvalue weighted by atomic mass is 19.1. The summed E-state index contributed by atoms with van der Waals surface area (Å²) in [6, 6.07) is 1.52. The summed E-state index contributed by atoms with van der Waals surface area (Å²) in [6.45, 7) is 4.58. The maximum Gasteiger partial charge on any atom is 0.230 e. The van der Waals surface area contributed by atoms with Gasteiger partial charge in [-0.15, -0.1) is 0 Å². The number of hydrogen-bond donors (Lipinski definition) is 1. The third-order valence-corrected chi connectivity index (χ3v) is 4.60. The third kappa shape index (κ3) is 3.91. The predicted molar refractivity (Wildman–Crippen MR) is 98.3 cm³/mol. The fraction of sp³-hybridized carbons (Fsp3) is 0.529. The van der Waals surface area contributed by atoms with Gasteiger partial charge in [-0.2, -0.15) is 15.0 Å². The van der Waals surface area contributed by atoms with Crippen molar-refractivity contribution in [3.63, 3.8) is 0 Å². The van der Waals surface area contributed by atoms with E-state index in [0.717, 1.165) is 0 Å². The molecule has 0 saturated carbocycles. The van der Waals surface area contributed by atoms with Gasteiger partial charge < -0.3 is 25.0 Å². The van der Waals surface area contributed by atoms with Crippen LogP contribution < -0.4 is 15.5 Å². The van der Waals surface area contributed by atoms with Crippen LogP contribution in [-0.2, 0) is 16.1 Å². The van der Waals surface area contributed by atoms with Crippen molar-refractivity contribution in [3.8, 4) is 11.4 Å². The molecule has 2 aromatic heterocycles. The van der Waals surface area contributed by atoms with E-state index < -0.39 is 6.67 Å². The van der Waals surface area contributed by atoms with Crippen molar-refractivity contribution in [2.24, 2.45) is 0 Å². The number of pyridine rings is 1. The van der Waals surface area contributed by atoms with E-state index in [0.29, 0.717) is 81.5 Å². The molecule has 0 spiro atoms. The summed E-state index contributed by atoms with van der Waals surface area (Å²) in [6.07, 6.45) is 1.52. The highest BCUT2D eigenvalue weighted by Gasteiger charge is 2.22. The number of rotatable bonds is 4. The van der Waals surface area contributed by atoms with E-state index in [-0.39, 0.29) is 5.82 Å². The molecular formula is C17H22FN7O2. The van der Waals surface area contributed by atoms with Gasteiger partial charge in [0.15, 0.2) is 5.82 Å². The van der Waals surface area contributed by atoms with Crippen LogP contribution in [0.25, 0.3) is 11.4 Å². The molecule has 0 aromatic carbocycles. The SMILES string of the molecule is Nc1cc(CF)c(-c2nc(N3CCOCC3)nc(N3CCOCC3)n2)cn1. The second-order valence-electron chi connectivity index (χ2n) is 6.36.